The fraction of sp³-hybridized carbons (Fsp3) is 0.350. The van der Waals surface area contributed by atoms with Gasteiger partial charge in [-0.15, -0.1) is 0 Å². The van der Waals surface area contributed by atoms with Crippen molar-refractivity contribution in [2.75, 3.05) is 13.1 Å². The first kappa shape index (κ1) is 16.6. The summed E-state index contributed by atoms with van der Waals surface area (Å²) in [6.07, 6.45) is 4.74. The topological polar surface area (TPSA) is 20.3 Å². The molecule has 0 unspecified atom stereocenters. The van der Waals surface area contributed by atoms with Crippen molar-refractivity contribution in [1.29, 1.82) is 0 Å². The molecule has 126 valence electrons. The van der Waals surface area contributed by atoms with Gasteiger partial charge in [0.15, 0.2) is 0 Å². The predicted molar refractivity (Wildman–Crippen MR) is 90.3 cm³/mol. The van der Waals surface area contributed by atoms with Crippen molar-refractivity contribution in [2.45, 2.75) is 25.7 Å². The van der Waals surface area contributed by atoms with Crippen LogP contribution in [0.2, 0.25) is 0 Å². The largest absolute Gasteiger partial charge is 0.342 e. The zero-order valence-corrected chi connectivity index (χ0v) is 13.6. The van der Waals surface area contributed by atoms with Gasteiger partial charge in [-0.05, 0) is 43.4 Å². The van der Waals surface area contributed by atoms with Crippen molar-refractivity contribution in [3.63, 3.8) is 0 Å². The summed E-state index contributed by atoms with van der Waals surface area (Å²) in [6, 6.07) is 12.5. The average Bonchev–Trinajstić information content (AvgIpc) is 3.30. The third-order valence-corrected chi connectivity index (χ3v) is 4.37. The van der Waals surface area contributed by atoms with E-state index in [9.17, 15) is 13.6 Å². The van der Waals surface area contributed by atoms with E-state index in [4.69, 9.17) is 0 Å². The number of likely N-dealkylation sites (tertiary alicyclic amines) is 1. The van der Waals surface area contributed by atoms with Crippen molar-refractivity contribution in [1.82, 2.24) is 4.90 Å². The fourth-order valence-corrected chi connectivity index (χ4v) is 2.90. The normalized spacial score (nSPS) is 16.5. The maximum atomic E-state index is 13.3. The molecule has 2 aromatic carbocycles. The van der Waals surface area contributed by atoms with Crippen LogP contribution in [0.5, 0.6) is 0 Å². The van der Waals surface area contributed by atoms with Gasteiger partial charge in [0.2, 0.25) is 5.91 Å². The quantitative estimate of drug-likeness (QED) is 0.785. The van der Waals surface area contributed by atoms with Gasteiger partial charge in [-0.2, -0.15) is 0 Å². The SMILES string of the molecule is Fc1cccc(F)c1-c1ccccc1.O=C(C1CC1)N1CCCC1. The maximum absolute atomic E-state index is 13.3. The zero-order valence-electron chi connectivity index (χ0n) is 13.6. The van der Waals surface area contributed by atoms with Crippen LogP contribution >= 0.6 is 0 Å². The van der Waals surface area contributed by atoms with E-state index in [1.165, 1.54) is 31.0 Å². The van der Waals surface area contributed by atoms with Crippen LogP contribution in [0, 0.1) is 17.6 Å². The minimum Gasteiger partial charge on any atom is -0.342 e. The van der Waals surface area contributed by atoms with Gasteiger partial charge in [0.1, 0.15) is 11.6 Å². The smallest absolute Gasteiger partial charge is 0.225 e. The number of carbonyl (C=O) groups is 1. The molecular weight excluding hydrogens is 308 g/mol. The second kappa shape index (κ2) is 7.56. The Labute approximate surface area is 141 Å². The summed E-state index contributed by atoms with van der Waals surface area (Å²) in [5, 5.41) is 0. The Morgan fingerprint density at radius 2 is 1.46 bits per heavy atom. The molecule has 24 heavy (non-hydrogen) atoms. The second-order valence-corrected chi connectivity index (χ2v) is 6.27. The molecule has 0 N–H and O–H groups in total. The zero-order chi connectivity index (χ0) is 16.9. The van der Waals surface area contributed by atoms with Gasteiger partial charge in [-0.3, -0.25) is 4.79 Å². The van der Waals surface area contributed by atoms with Crippen molar-refractivity contribution < 1.29 is 13.6 Å². The molecule has 0 spiro atoms. The van der Waals surface area contributed by atoms with Crippen molar-refractivity contribution >= 4 is 5.91 Å². The molecule has 0 radical (unpaired) electrons. The van der Waals surface area contributed by atoms with E-state index in [0.717, 1.165) is 25.9 Å². The third kappa shape index (κ3) is 3.99. The monoisotopic (exact) mass is 329 g/mol. The van der Waals surface area contributed by atoms with Crippen molar-refractivity contribution in [3.05, 3.63) is 60.2 Å². The van der Waals surface area contributed by atoms with Crippen molar-refractivity contribution in [2.24, 2.45) is 5.92 Å². The minimum atomic E-state index is -0.531. The highest BCUT2D eigenvalue weighted by Crippen LogP contribution is 2.32. The van der Waals surface area contributed by atoms with Gasteiger partial charge >= 0.3 is 0 Å². The van der Waals surface area contributed by atoms with Crippen LogP contribution in [0.3, 0.4) is 0 Å². The van der Waals surface area contributed by atoms with E-state index >= 15 is 0 Å². The highest BCUT2D eigenvalue weighted by Gasteiger charge is 2.34. The summed E-state index contributed by atoms with van der Waals surface area (Å²) in [5.41, 5.74) is 0.594. The van der Waals surface area contributed by atoms with E-state index in [1.807, 2.05) is 11.0 Å². The lowest BCUT2D eigenvalue weighted by molar-refractivity contribution is -0.131. The van der Waals surface area contributed by atoms with Crippen LogP contribution in [0.15, 0.2) is 48.5 Å². The first-order valence-corrected chi connectivity index (χ1v) is 8.45. The van der Waals surface area contributed by atoms with Gasteiger partial charge in [-0.25, -0.2) is 8.78 Å². The molecule has 2 nitrogen and oxygen atoms in total. The van der Waals surface area contributed by atoms with E-state index in [2.05, 4.69) is 0 Å². The lowest BCUT2D eigenvalue weighted by Crippen LogP contribution is -2.28. The van der Waals surface area contributed by atoms with Crippen LogP contribution in [-0.4, -0.2) is 23.9 Å². The molecule has 0 atom stereocenters. The van der Waals surface area contributed by atoms with Crippen LogP contribution in [-0.2, 0) is 4.79 Å². The second-order valence-electron chi connectivity index (χ2n) is 6.27. The van der Waals surface area contributed by atoms with Crippen LogP contribution in [0.4, 0.5) is 8.78 Å². The Bertz CT molecular complexity index is 672. The van der Waals surface area contributed by atoms with Crippen LogP contribution < -0.4 is 0 Å². The van der Waals surface area contributed by atoms with Crippen LogP contribution in [0.25, 0.3) is 11.1 Å². The Balaban J connectivity index is 0.000000149. The van der Waals surface area contributed by atoms with Crippen LogP contribution in [0.1, 0.15) is 25.7 Å². The minimum absolute atomic E-state index is 0.0353. The number of benzene rings is 2. The molecule has 4 heteroatoms. The lowest BCUT2D eigenvalue weighted by Gasteiger charge is -2.13. The Morgan fingerprint density at radius 1 is 0.875 bits per heavy atom. The lowest BCUT2D eigenvalue weighted by atomic mass is 10.0. The van der Waals surface area contributed by atoms with E-state index in [-0.39, 0.29) is 5.56 Å². The number of amides is 1. The Kier molecular flexibility index (Phi) is 5.24. The third-order valence-electron chi connectivity index (χ3n) is 4.37. The standard InChI is InChI=1S/C12H8F2.C8H13NO/c13-10-7-4-8-11(14)12(10)9-5-2-1-3-6-9;10-8(7-3-4-7)9-5-1-2-6-9/h1-8H;7H,1-6H2. The summed E-state index contributed by atoms with van der Waals surface area (Å²) >= 11 is 0. The molecule has 1 amide bonds. The molecule has 2 fully saturated rings. The number of hydrogen-bond donors (Lipinski definition) is 0. The summed E-state index contributed by atoms with van der Waals surface area (Å²) in [7, 11) is 0. The molecule has 1 saturated carbocycles. The maximum Gasteiger partial charge on any atom is 0.225 e. The molecule has 1 heterocycles. The van der Waals surface area contributed by atoms with Gasteiger partial charge in [0, 0.05) is 19.0 Å². The summed E-state index contributed by atoms with van der Waals surface area (Å²) in [5.74, 6) is -0.206. The van der Waals surface area contributed by atoms with Gasteiger partial charge in [-0.1, -0.05) is 36.4 Å². The number of carbonyl (C=O) groups excluding carboxylic acids is 1. The van der Waals surface area contributed by atoms with Crippen molar-refractivity contribution in [3.8, 4) is 11.1 Å². The first-order valence-electron chi connectivity index (χ1n) is 8.45. The molecule has 2 aromatic rings. The summed E-state index contributed by atoms with van der Waals surface area (Å²) in [6.45, 7) is 2.05. The van der Waals surface area contributed by atoms with E-state index < -0.39 is 11.6 Å². The van der Waals surface area contributed by atoms with Gasteiger partial charge in [0.25, 0.3) is 0 Å². The molecule has 4 rings (SSSR count). The Hall–Kier alpha value is -2.23. The Morgan fingerprint density at radius 3 is 2.00 bits per heavy atom. The number of rotatable bonds is 2. The highest BCUT2D eigenvalue weighted by atomic mass is 19.1. The molecule has 0 bridgehead atoms. The molecule has 1 aliphatic carbocycles. The van der Waals surface area contributed by atoms with E-state index in [0.29, 0.717) is 17.4 Å². The fourth-order valence-electron chi connectivity index (χ4n) is 2.90. The molecule has 0 aromatic heterocycles. The number of nitrogens with zero attached hydrogens (tertiary/aromatic N) is 1. The number of halogens is 2. The summed E-state index contributed by atoms with van der Waals surface area (Å²) in [4.78, 5) is 13.4. The average molecular weight is 329 g/mol. The molecule has 1 aliphatic heterocycles. The molecule has 1 saturated heterocycles. The summed E-state index contributed by atoms with van der Waals surface area (Å²) < 4.78 is 26.6. The molecule has 2 aliphatic rings. The van der Waals surface area contributed by atoms with Gasteiger partial charge < -0.3 is 4.90 Å². The van der Waals surface area contributed by atoms with E-state index in [1.54, 1.807) is 24.3 Å². The van der Waals surface area contributed by atoms with Gasteiger partial charge in [0.05, 0.1) is 5.56 Å². The highest BCUT2D eigenvalue weighted by molar-refractivity contribution is 5.81. The first-order chi connectivity index (χ1) is 11.7. The number of hydrogen-bond acceptors (Lipinski definition) is 1. The molecular formula is C20H21F2NO. The predicted octanol–water partition coefficient (Wildman–Crippen LogP) is 4.65.